The Morgan fingerprint density at radius 3 is 2.57 bits per heavy atom. The van der Waals surface area contributed by atoms with Crippen molar-refractivity contribution in [2.45, 2.75) is 25.3 Å². The number of piperidine rings is 1. The topological polar surface area (TPSA) is 103 Å². The molecule has 0 saturated carbocycles. The highest BCUT2D eigenvalue weighted by Gasteiger charge is 2.26. The lowest BCUT2D eigenvalue weighted by molar-refractivity contribution is 0.328. The Balaban J connectivity index is 0.00000225. The van der Waals surface area contributed by atoms with E-state index in [9.17, 15) is 0 Å². The smallest absolute Gasteiger partial charge is 0.230 e. The number of ether oxygens (including phenoxy) is 1. The molecule has 0 radical (unpaired) electrons. The highest BCUT2D eigenvalue weighted by Crippen LogP contribution is 2.30. The zero-order chi connectivity index (χ0) is 18.6. The van der Waals surface area contributed by atoms with Crippen LogP contribution >= 0.6 is 12.4 Å². The second-order valence-electron chi connectivity index (χ2n) is 6.52. The van der Waals surface area contributed by atoms with Gasteiger partial charge in [-0.3, -0.25) is 0 Å². The van der Waals surface area contributed by atoms with Crippen LogP contribution in [0.15, 0.2) is 41.1 Å². The van der Waals surface area contributed by atoms with E-state index in [4.69, 9.17) is 15.0 Å². The van der Waals surface area contributed by atoms with Crippen molar-refractivity contribution in [3.63, 3.8) is 0 Å². The van der Waals surface area contributed by atoms with Crippen LogP contribution in [0.3, 0.4) is 0 Å². The van der Waals surface area contributed by atoms with Gasteiger partial charge >= 0.3 is 0 Å². The van der Waals surface area contributed by atoms with Crippen LogP contribution in [0.1, 0.15) is 30.2 Å². The van der Waals surface area contributed by atoms with Crippen LogP contribution in [0.25, 0.3) is 11.4 Å². The fourth-order valence-electron chi connectivity index (χ4n) is 3.23. The van der Waals surface area contributed by atoms with E-state index in [1.807, 2.05) is 24.3 Å². The predicted octanol–water partition coefficient (Wildman–Crippen LogP) is 2.80. The third kappa shape index (κ3) is 4.23. The fourth-order valence-corrected chi connectivity index (χ4v) is 3.23. The molecule has 1 aliphatic rings. The van der Waals surface area contributed by atoms with Gasteiger partial charge in [-0.2, -0.15) is 9.97 Å². The van der Waals surface area contributed by atoms with E-state index in [2.05, 4.69) is 25.0 Å². The monoisotopic (exact) mass is 402 g/mol. The number of anilines is 1. The standard InChI is InChI=1S/C19H22N6O2.ClH/c1-26-16-6-9-21-19(22-16)25-10-7-15(8-11-25)18-23-17(24-27-18)14-4-2-13(12-20)3-5-14;/h2-6,9,15H,7-8,10-12,20H2,1H3;1H. The number of methoxy groups -OCH3 is 1. The number of benzene rings is 1. The summed E-state index contributed by atoms with van der Waals surface area (Å²) < 4.78 is 10.7. The molecule has 1 saturated heterocycles. The molecule has 0 aliphatic carbocycles. The lowest BCUT2D eigenvalue weighted by Crippen LogP contribution is -2.34. The van der Waals surface area contributed by atoms with Crippen molar-refractivity contribution in [1.82, 2.24) is 20.1 Å². The molecule has 8 nitrogen and oxygen atoms in total. The van der Waals surface area contributed by atoms with Crippen molar-refractivity contribution in [3.8, 4) is 17.3 Å². The summed E-state index contributed by atoms with van der Waals surface area (Å²) >= 11 is 0. The lowest BCUT2D eigenvalue weighted by atomic mass is 9.97. The number of nitrogens with zero attached hydrogens (tertiary/aromatic N) is 5. The SMILES string of the molecule is COc1ccnc(N2CCC(c3nc(-c4ccc(CN)cc4)no3)CC2)n1.Cl. The minimum atomic E-state index is 0. The van der Waals surface area contributed by atoms with Gasteiger partial charge in [-0.25, -0.2) is 4.98 Å². The van der Waals surface area contributed by atoms with Crippen molar-refractivity contribution in [2.24, 2.45) is 5.73 Å². The van der Waals surface area contributed by atoms with Gasteiger partial charge in [0.1, 0.15) is 0 Å². The maximum Gasteiger partial charge on any atom is 0.230 e. The van der Waals surface area contributed by atoms with Gasteiger partial charge < -0.3 is 19.9 Å². The minimum absolute atomic E-state index is 0. The molecule has 28 heavy (non-hydrogen) atoms. The second-order valence-corrected chi connectivity index (χ2v) is 6.52. The van der Waals surface area contributed by atoms with E-state index in [1.165, 1.54) is 0 Å². The quantitative estimate of drug-likeness (QED) is 0.694. The molecule has 0 amide bonds. The molecule has 1 aromatic carbocycles. The summed E-state index contributed by atoms with van der Waals surface area (Å²) in [4.78, 5) is 15.5. The normalized spacial score (nSPS) is 14.6. The van der Waals surface area contributed by atoms with Crippen LogP contribution < -0.4 is 15.4 Å². The Labute approximate surface area is 169 Å². The van der Waals surface area contributed by atoms with Crippen molar-refractivity contribution in [2.75, 3.05) is 25.1 Å². The fraction of sp³-hybridized carbons (Fsp3) is 0.368. The van der Waals surface area contributed by atoms with E-state index >= 15 is 0 Å². The van der Waals surface area contributed by atoms with Crippen molar-refractivity contribution < 1.29 is 9.26 Å². The summed E-state index contributed by atoms with van der Waals surface area (Å²) in [6.45, 7) is 2.19. The number of nitrogens with two attached hydrogens (primary N) is 1. The molecule has 0 bridgehead atoms. The van der Waals surface area contributed by atoms with Gasteiger partial charge in [0, 0.05) is 43.4 Å². The summed E-state index contributed by atoms with van der Waals surface area (Å²) in [5, 5.41) is 4.14. The summed E-state index contributed by atoms with van der Waals surface area (Å²) in [7, 11) is 1.61. The van der Waals surface area contributed by atoms with Crippen molar-refractivity contribution in [1.29, 1.82) is 0 Å². The van der Waals surface area contributed by atoms with Crippen LogP contribution in [0.2, 0.25) is 0 Å². The molecule has 9 heteroatoms. The molecular formula is C19H23ClN6O2. The third-order valence-corrected chi connectivity index (χ3v) is 4.84. The van der Waals surface area contributed by atoms with E-state index in [0.717, 1.165) is 37.1 Å². The maximum absolute atomic E-state index is 5.64. The molecule has 3 aromatic rings. The largest absolute Gasteiger partial charge is 0.481 e. The van der Waals surface area contributed by atoms with Crippen molar-refractivity contribution >= 4 is 18.4 Å². The first kappa shape index (κ1) is 20.0. The van der Waals surface area contributed by atoms with Gasteiger partial charge in [-0.05, 0) is 18.4 Å². The molecule has 0 atom stereocenters. The van der Waals surface area contributed by atoms with Crippen LogP contribution in [0, 0.1) is 0 Å². The van der Waals surface area contributed by atoms with Gasteiger partial charge in [-0.1, -0.05) is 29.4 Å². The van der Waals surface area contributed by atoms with Gasteiger partial charge in [-0.15, -0.1) is 12.4 Å². The van der Waals surface area contributed by atoms with Gasteiger partial charge in [0.05, 0.1) is 7.11 Å². The number of halogens is 1. The Morgan fingerprint density at radius 2 is 1.89 bits per heavy atom. The lowest BCUT2D eigenvalue weighted by Gasteiger charge is -2.30. The highest BCUT2D eigenvalue weighted by molar-refractivity contribution is 5.85. The molecule has 2 N–H and O–H groups in total. The van der Waals surface area contributed by atoms with Gasteiger partial charge in [0.25, 0.3) is 0 Å². The molecular weight excluding hydrogens is 380 g/mol. The first-order chi connectivity index (χ1) is 13.3. The van der Waals surface area contributed by atoms with E-state index < -0.39 is 0 Å². The molecule has 148 valence electrons. The average Bonchev–Trinajstić information content (AvgIpc) is 3.24. The molecule has 1 aliphatic heterocycles. The van der Waals surface area contributed by atoms with Crippen molar-refractivity contribution in [3.05, 3.63) is 48.0 Å². The van der Waals surface area contributed by atoms with E-state index in [0.29, 0.717) is 30.1 Å². The average molecular weight is 403 g/mol. The van der Waals surface area contributed by atoms with Crippen LogP contribution in [-0.2, 0) is 6.54 Å². The molecule has 1 fully saturated rings. The number of hydrogen-bond donors (Lipinski definition) is 1. The Kier molecular flexibility index (Phi) is 6.43. The van der Waals surface area contributed by atoms with E-state index in [-0.39, 0.29) is 18.3 Å². The maximum atomic E-state index is 5.64. The zero-order valence-corrected chi connectivity index (χ0v) is 16.4. The number of rotatable bonds is 5. The Bertz CT molecular complexity index is 893. The zero-order valence-electron chi connectivity index (χ0n) is 15.6. The summed E-state index contributed by atoms with van der Waals surface area (Å²) in [6, 6.07) is 9.66. The second kappa shape index (κ2) is 8.99. The van der Waals surface area contributed by atoms with E-state index in [1.54, 1.807) is 19.4 Å². The number of hydrogen-bond acceptors (Lipinski definition) is 8. The Hall–Kier alpha value is -2.71. The first-order valence-electron chi connectivity index (χ1n) is 9.02. The molecule has 3 heterocycles. The molecule has 0 unspecified atom stereocenters. The summed E-state index contributed by atoms with van der Waals surface area (Å²) in [6.07, 6.45) is 3.54. The predicted molar refractivity (Wildman–Crippen MR) is 108 cm³/mol. The highest BCUT2D eigenvalue weighted by atomic mass is 35.5. The molecule has 4 rings (SSSR count). The number of aromatic nitrogens is 4. The van der Waals surface area contributed by atoms with Crippen LogP contribution in [-0.4, -0.2) is 40.3 Å². The molecule has 0 spiro atoms. The summed E-state index contributed by atoms with van der Waals surface area (Å²) in [5.41, 5.74) is 7.65. The summed E-state index contributed by atoms with van der Waals surface area (Å²) in [5.74, 6) is 2.82. The first-order valence-corrected chi connectivity index (χ1v) is 9.02. The molecule has 2 aromatic heterocycles. The van der Waals surface area contributed by atoms with Crippen LogP contribution in [0.4, 0.5) is 5.95 Å². The van der Waals surface area contributed by atoms with Crippen LogP contribution in [0.5, 0.6) is 5.88 Å². The minimum Gasteiger partial charge on any atom is -0.481 e. The van der Waals surface area contributed by atoms with Gasteiger partial charge in [0.15, 0.2) is 0 Å². The van der Waals surface area contributed by atoms with Gasteiger partial charge in [0.2, 0.25) is 23.5 Å². The third-order valence-electron chi connectivity index (χ3n) is 4.84. The Morgan fingerprint density at radius 1 is 1.14 bits per heavy atom.